The summed E-state index contributed by atoms with van der Waals surface area (Å²) in [5, 5.41) is 2.69. The van der Waals surface area contributed by atoms with Gasteiger partial charge in [-0.2, -0.15) is 0 Å². The molecule has 1 atom stereocenters. The van der Waals surface area contributed by atoms with Crippen LogP contribution >= 0.6 is 0 Å². The first-order valence-electron chi connectivity index (χ1n) is 5.75. The fourth-order valence-electron chi connectivity index (χ4n) is 2.86. The predicted octanol–water partition coefficient (Wildman–Crippen LogP) is 3.46. The molecule has 16 heavy (non-hydrogen) atoms. The van der Waals surface area contributed by atoms with Crippen molar-refractivity contribution in [2.24, 2.45) is 0 Å². The summed E-state index contributed by atoms with van der Waals surface area (Å²) in [5.41, 5.74) is 2.77. The number of Topliss-reactive ketones (excluding diaryl/α,β-unsaturated/α-hetero) is 1. The molecule has 0 amide bonds. The maximum absolute atomic E-state index is 11.3. The molecule has 1 aliphatic rings. The molecule has 3 rings (SSSR count). The van der Waals surface area contributed by atoms with E-state index in [2.05, 4.69) is 36.4 Å². The number of hydrogen-bond donors (Lipinski definition) is 0. The van der Waals surface area contributed by atoms with E-state index in [1.165, 1.54) is 21.9 Å². The van der Waals surface area contributed by atoms with Crippen LogP contribution in [0.4, 0.5) is 0 Å². The lowest BCUT2D eigenvalue weighted by atomic mass is 9.95. The lowest BCUT2D eigenvalue weighted by Gasteiger charge is -2.08. The van der Waals surface area contributed by atoms with E-state index in [0.717, 1.165) is 6.42 Å². The van der Waals surface area contributed by atoms with Crippen molar-refractivity contribution in [1.82, 2.24) is 0 Å². The molecule has 2 aromatic rings. The van der Waals surface area contributed by atoms with Crippen molar-refractivity contribution in [1.29, 1.82) is 0 Å². The highest BCUT2D eigenvalue weighted by Gasteiger charge is 2.24. The standard InChI is InChI=1S/C15H14O/c1-10(16)8-13-9-12-6-2-4-11-5-3-7-14(13)15(11)12/h2-7,13H,8-9H2,1H3. The van der Waals surface area contributed by atoms with Crippen LogP contribution in [-0.4, -0.2) is 5.78 Å². The van der Waals surface area contributed by atoms with Crippen molar-refractivity contribution in [3.63, 3.8) is 0 Å². The van der Waals surface area contributed by atoms with Crippen LogP contribution in [-0.2, 0) is 11.2 Å². The normalized spacial score (nSPS) is 17.9. The second-order valence-electron chi connectivity index (χ2n) is 4.67. The quantitative estimate of drug-likeness (QED) is 0.741. The molecule has 0 aromatic heterocycles. The van der Waals surface area contributed by atoms with Gasteiger partial charge in [-0.3, -0.25) is 0 Å². The van der Waals surface area contributed by atoms with Crippen molar-refractivity contribution in [3.05, 3.63) is 47.5 Å². The van der Waals surface area contributed by atoms with Crippen LogP contribution in [0.5, 0.6) is 0 Å². The number of benzene rings is 2. The largest absolute Gasteiger partial charge is 0.300 e. The lowest BCUT2D eigenvalue weighted by Crippen LogP contribution is -2.02. The van der Waals surface area contributed by atoms with Gasteiger partial charge in [-0.05, 0) is 41.2 Å². The number of rotatable bonds is 2. The van der Waals surface area contributed by atoms with E-state index >= 15 is 0 Å². The van der Waals surface area contributed by atoms with E-state index in [1.807, 2.05) is 0 Å². The summed E-state index contributed by atoms with van der Waals surface area (Å²) in [6, 6.07) is 12.9. The van der Waals surface area contributed by atoms with Gasteiger partial charge in [0.15, 0.2) is 0 Å². The van der Waals surface area contributed by atoms with Gasteiger partial charge in [0.25, 0.3) is 0 Å². The fraction of sp³-hybridized carbons (Fsp3) is 0.267. The van der Waals surface area contributed by atoms with E-state index in [0.29, 0.717) is 12.3 Å². The second kappa shape index (κ2) is 3.44. The van der Waals surface area contributed by atoms with Crippen LogP contribution < -0.4 is 0 Å². The summed E-state index contributed by atoms with van der Waals surface area (Å²) in [7, 11) is 0. The van der Waals surface area contributed by atoms with Gasteiger partial charge in [-0.15, -0.1) is 0 Å². The van der Waals surface area contributed by atoms with E-state index < -0.39 is 0 Å². The van der Waals surface area contributed by atoms with Crippen molar-refractivity contribution < 1.29 is 4.79 Å². The van der Waals surface area contributed by atoms with Crippen molar-refractivity contribution in [2.75, 3.05) is 0 Å². The Bertz CT molecular complexity index is 563. The van der Waals surface area contributed by atoms with Gasteiger partial charge in [0.05, 0.1) is 0 Å². The third-order valence-corrected chi connectivity index (χ3v) is 3.46. The summed E-state index contributed by atoms with van der Waals surface area (Å²) in [4.78, 5) is 11.3. The average Bonchev–Trinajstić information content (AvgIpc) is 2.59. The van der Waals surface area contributed by atoms with Crippen LogP contribution in [0.2, 0.25) is 0 Å². The molecule has 0 aliphatic heterocycles. The topological polar surface area (TPSA) is 17.1 Å². The Kier molecular flexibility index (Phi) is 2.06. The number of hydrogen-bond acceptors (Lipinski definition) is 1. The Labute approximate surface area is 95.1 Å². The summed E-state index contributed by atoms with van der Waals surface area (Å²) in [6.45, 7) is 1.68. The Balaban J connectivity index is 2.17. The summed E-state index contributed by atoms with van der Waals surface area (Å²) < 4.78 is 0. The fourth-order valence-corrected chi connectivity index (χ4v) is 2.86. The van der Waals surface area contributed by atoms with Gasteiger partial charge in [-0.1, -0.05) is 36.4 Å². The molecule has 1 unspecified atom stereocenters. The molecule has 1 heteroatoms. The zero-order valence-electron chi connectivity index (χ0n) is 9.36. The molecule has 0 heterocycles. The summed E-state index contributed by atoms with van der Waals surface area (Å²) in [5.74, 6) is 0.688. The number of carbonyl (C=O) groups is 1. The average molecular weight is 210 g/mol. The molecule has 0 saturated carbocycles. The Morgan fingerprint density at radius 1 is 1.25 bits per heavy atom. The van der Waals surface area contributed by atoms with Crippen LogP contribution in [0.15, 0.2) is 36.4 Å². The molecule has 1 nitrogen and oxygen atoms in total. The monoisotopic (exact) mass is 210 g/mol. The van der Waals surface area contributed by atoms with Crippen molar-refractivity contribution >= 4 is 16.6 Å². The van der Waals surface area contributed by atoms with E-state index in [4.69, 9.17) is 0 Å². The Morgan fingerprint density at radius 2 is 2.00 bits per heavy atom. The molecular weight excluding hydrogens is 196 g/mol. The number of carbonyl (C=O) groups excluding carboxylic acids is 1. The third kappa shape index (κ3) is 1.35. The molecule has 0 bridgehead atoms. The van der Waals surface area contributed by atoms with Crippen LogP contribution in [0.1, 0.15) is 30.4 Å². The van der Waals surface area contributed by atoms with Gasteiger partial charge in [-0.25, -0.2) is 0 Å². The first-order valence-corrected chi connectivity index (χ1v) is 5.75. The van der Waals surface area contributed by atoms with Gasteiger partial charge in [0, 0.05) is 6.42 Å². The van der Waals surface area contributed by atoms with E-state index in [9.17, 15) is 4.79 Å². The molecule has 0 spiro atoms. The highest BCUT2D eigenvalue weighted by atomic mass is 16.1. The molecule has 0 N–H and O–H groups in total. The maximum Gasteiger partial charge on any atom is 0.130 e. The van der Waals surface area contributed by atoms with Crippen LogP contribution in [0.25, 0.3) is 10.8 Å². The summed E-state index contributed by atoms with van der Waals surface area (Å²) in [6.07, 6.45) is 1.70. The van der Waals surface area contributed by atoms with Gasteiger partial charge in [0.1, 0.15) is 5.78 Å². The lowest BCUT2D eigenvalue weighted by molar-refractivity contribution is -0.117. The van der Waals surface area contributed by atoms with Gasteiger partial charge >= 0.3 is 0 Å². The van der Waals surface area contributed by atoms with E-state index in [1.54, 1.807) is 6.92 Å². The molecule has 0 fully saturated rings. The minimum absolute atomic E-state index is 0.287. The minimum Gasteiger partial charge on any atom is -0.300 e. The van der Waals surface area contributed by atoms with E-state index in [-0.39, 0.29) is 5.78 Å². The Hall–Kier alpha value is -1.63. The maximum atomic E-state index is 11.3. The minimum atomic E-state index is 0.287. The van der Waals surface area contributed by atoms with Gasteiger partial charge in [0.2, 0.25) is 0 Å². The predicted molar refractivity (Wildman–Crippen MR) is 65.7 cm³/mol. The van der Waals surface area contributed by atoms with Crippen molar-refractivity contribution in [2.45, 2.75) is 25.7 Å². The highest BCUT2D eigenvalue weighted by molar-refractivity contribution is 5.92. The Morgan fingerprint density at radius 3 is 2.75 bits per heavy atom. The molecule has 0 saturated heterocycles. The molecule has 0 radical (unpaired) electrons. The van der Waals surface area contributed by atoms with Crippen LogP contribution in [0, 0.1) is 0 Å². The molecular formula is C15H14O. The molecule has 1 aliphatic carbocycles. The first kappa shape index (κ1) is 9.59. The van der Waals surface area contributed by atoms with Gasteiger partial charge < -0.3 is 4.79 Å². The molecule has 80 valence electrons. The SMILES string of the molecule is CC(=O)CC1Cc2cccc3cccc1c23. The summed E-state index contributed by atoms with van der Waals surface area (Å²) >= 11 is 0. The second-order valence-corrected chi connectivity index (χ2v) is 4.67. The van der Waals surface area contributed by atoms with Crippen LogP contribution in [0.3, 0.4) is 0 Å². The first-order chi connectivity index (χ1) is 7.75. The number of ketones is 1. The van der Waals surface area contributed by atoms with Crippen molar-refractivity contribution in [3.8, 4) is 0 Å². The third-order valence-electron chi connectivity index (χ3n) is 3.46. The zero-order valence-corrected chi connectivity index (χ0v) is 9.36. The zero-order chi connectivity index (χ0) is 11.1. The molecule has 2 aromatic carbocycles. The smallest absolute Gasteiger partial charge is 0.130 e. The highest BCUT2D eigenvalue weighted by Crippen LogP contribution is 2.39.